The van der Waals surface area contributed by atoms with E-state index in [-0.39, 0.29) is 36.8 Å². The molecular weight excluding hydrogens is 337 g/mol. The van der Waals surface area contributed by atoms with Crippen LogP contribution in [0.3, 0.4) is 0 Å². The van der Waals surface area contributed by atoms with Gasteiger partial charge in [-0.1, -0.05) is 6.42 Å². The third kappa shape index (κ3) is 5.34. The first-order valence-electron chi connectivity index (χ1n) is 8.17. The predicted octanol–water partition coefficient (Wildman–Crippen LogP) is 2.03. The predicted molar refractivity (Wildman–Crippen MR) is 85.9 cm³/mol. The number of aliphatic hydroxyl groups excluding tert-OH is 1. The van der Waals surface area contributed by atoms with Crippen molar-refractivity contribution >= 4 is 5.91 Å². The van der Waals surface area contributed by atoms with Gasteiger partial charge in [-0.3, -0.25) is 4.79 Å². The van der Waals surface area contributed by atoms with Crippen molar-refractivity contribution in [2.45, 2.75) is 37.6 Å². The number of amides is 1. The average molecular weight is 360 g/mol. The first-order valence-corrected chi connectivity index (χ1v) is 8.17. The molecule has 140 valence electrons. The van der Waals surface area contributed by atoms with Crippen molar-refractivity contribution in [3.8, 4) is 5.75 Å². The maximum Gasteiger partial charge on any atom is 0.416 e. The SMILES string of the molecule is CN(CC(O)COc1ccc(C(F)(F)F)cc1)C(=O)C1CCCC1N. The summed E-state index contributed by atoms with van der Waals surface area (Å²) in [6.07, 6.45) is -2.85. The molecule has 0 radical (unpaired) electrons. The van der Waals surface area contributed by atoms with Crippen LogP contribution in [0.25, 0.3) is 0 Å². The summed E-state index contributed by atoms with van der Waals surface area (Å²) in [5.41, 5.74) is 5.15. The number of aliphatic hydroxyl groups is 1. The zero-order valence-electron chi connectivity index (χ0n) is 14.0. The molecule has 2 rings (SSSR count). The first-order chi connectivity index (χ1) is 11.7. The Hall–Kier alpha value is -1.80. The molecule has 1 aromatic carbocycles. The fraction of sp³-hybridized carbons (Fsp3) is 0.588. The van der Waals surface area contributed by atoms with E-state index in [0.717, 1.165) is 31.4 Å². The van der Waals surface area contributed by atoms with Crippen molar-refractivity contribution in [1.29, 1.82) is 0 Å². The molecule has 1 aromatic rings. The Morgan fingerprint density at radius 2 is 2.00 bits per heavy atom. The van der Waals surface area contributed by atoms with E-state index in [1.54, 1.807) is 7.05 Å². The number of alkyl halides is 3. The van der Waals surface area contributed by atoms with Gasteiger partial charge in [-0.25, -0.2) is 0 Å². The maximum absolute atomic E-state index is 12.5. The minimum atomic E-state index is -4.40. The molecule has 25 heavy (non-hydrogen) atoms. The van der Waals surface area contributed by atoms with Gasteiger partial charge >= 0.3 is 6.18 Å². The van der Waals surface area contributed by atoms with Crippen LogP contribution in [0.4, 0.5) is 13.2 Å². The lowest BCUT2D eigenvalue weighted by molar-refractivity contribution is -0.137. The average Bonchev–Trinajstić information content (AvgIpc) is 2.97. The molecule has 1 saturated carbocycles. The van der Waals surface area contributed by atoms with Gasteiger partial charge in [-0.2, -0.15) is 13.2 Å². The van der Waals surface area contributed by atoms with Crippen LogP contribution in [-0.2, 0) is 11.0 Å². The number of nitrogens with two attached hydrogens (primary N) is 1. The molecule has 1 amide bonds. The highest BCUT2D eigenvalue weighted by Gasteiger charge is 2.33. The molecule has 0 aliphatic heterocycles. The molecule has 0 spiro atoms. The Labute approximate surface area is 144 Å². The summed E-state index contributed by atoms with van der Waals surface area (Å²) in [5, 5.41) is 9.99. The molecule has 1 fully saturated rings. The zero-order valence-corrected chi connectivity index (χ0v) is 14.0. The van der Waals surface area contributed by atoms with Gasteiger partial charge in [0.25, 0.3) is 0 Å². The number of halogens is 3. The van der Waals surface area contributed by atoms with E-state index in [1.807, 2.05) is 0 Å². The summed E-state index contributed by atoms with van der Waals surface area (Å²) in [6.45, 7) is -0.0532. The molecule has 3 atom stereocenters. The number of carbonyl (C=O) groups excluding carboxylic acids is 1. The fourth-order valence-corrected chi connectivity index (χ4v) is 2.97. The maximum atomic E-state index is 12.5. The summed E-state index contributed by atoms with van der Waals surface area (Å²) >= 11 is 0. The molecule has 3 unspecified atom stereocenters. The van der Waals surface area contributed by atoms with Gasteiger partial charge in [0.15, 0.2) is 0 Å². The minimum Gasteiger partial charge on any atom is -0.491 e. The second kappa shape index (κ2) is 8.05. The normalized spacial score (nSPS) is 21.8. The number of likely N-dealkylation sites (N-methyl/N-ethyl adjacent to an activating group) is 1. The summed E-state index contributed by atoms with van der Waals surface area (Å²) in [7, 11) is 1.59. The van der Waals surface area contributed by atoms with E-state index in [2.05, 4.69) is 0 Å². The van der Waals surface area contributed by atoms with E-state index in [9.17, 15) is 23.1 Å². The number of hydrogen-bond donors (Lipinski definition) is 2. The first kappa shape index (κ1) is 19.5. The van der Waals surface area contributed by atoms with Crippen molar-refractivity contribution in [2.24, 2.45) is 11.7 Å². The Balaban J connectivity index is 1.80. The largest absolute Gasteiger partial charge is 0.491 e. The van der Waals surface area contributed by atoms with Gasteiger partial charge in [0.05, 0.1) is 11.5 Å². The lowest BCUT2D eigenvalue weighted by atomic mass is 10.0. The molecule has 8 heteroatoms. The van der Waals surface area contributed by atoms with E-state index in [0.29, 0.717) is 0 Å². The van der Waals surface area contributed by atoms with Crippen molar-refractivity contribution in [3.63, 3.8) is 0 Å². The third-order valence-electron chi connectivity index (χ3n) is 4.37. The molecule has 0 heterocycles. The van der Waals surface area contributed by atoms with Gasteiger partial charge < -0.3 is 20.5 Å². The number of rotatable bonds is 6. The fourth-order valence-electron chi connectivity index (χ4n) is 2.97. The van der Waals surface area contributed by atoms with Gasteiger partial charge in [0.2, 0.25) is 5.91 Å². The number of benzene rings is 1. The molecule has 1 aliphatic rings. The Morgan fingerprint density at radius 1 is 1.36 bits per heavy atom. The third-order valence-corrected chi connectivity index (χ3v) is 4.37. The van der Waals surface area contributed by atoms with Crippen LogP contribution in [0.15, 0.2) is 24.3 Å². The van der Waals surface area contributed by atoms with E-state index >= 15 is 0 Å². The second-order valence-corrected chi connectivity index (χ2v) is 6.41. The molecule has 0 saturated heterocycles. The van der Waals surface area contributed by atoms with Gasteiger partial charge in [-0.05, 0) is 37.1 Å². The Morgan fingerprint density at radius 3 is 2.52 bits per heavy atom. The number of hydrogen-bond acceptors (Lipinski definition) is 4. The molecule has 0 bridgehead atoms. The van der Waals surface area contributed by atoms with Crippen LogP contribution in [0, 0.1) is 5.92 Å². The zero-order chi connectivity index (χ0) is 18.6. The number of carbonyl (C=O) groups is 1. The van der Waals surface area contributed by atoms with Crippen LogP contribution in [0.2, 0.25) is 0 Å². The summed E-state index contributed by atoms with van der Waals surface area (Å²) < 4.78 is 42.7. The lowest BCUT2D eigenvalue weighted by Gasteiger charge is -2.25. The van der Waals surface area contributed by atoms with Gasteiger partial charge in [0.1, 0.15) is 18.5 Å². The smallest absolute Gasteiger partial charge is 0.416 e. The van der Waals surface area contributed by atoms with Crippen molar-refractivity contribution < 1.29 is 27.8 Å². The monoisotopic (exact) mass is 360 g/mol. The van der Waals surface area contributed by atoms with Crippen molar-refractivity contribution in [1.82, 2.24) is 4.90 Å². The summed E-state index contributed by atoms with van der Waals surface area (Å²) in [6, 6.07) is 4.08. The number of ether oxygens (including phenoxy) is 1. The highest BCUT2D eigenvalue weighted by molar-refractivity contribution is 5.79. The second-order valence-electron chi connectivity index (χ2n) is 6.41. The van der Waals surface area contributed by atoms with Gasteiger partial charge in [0, 0.05) is 19.6 Å². The molecule has 3 N–H and O–H groups in total. The molecule has 1 aliphatic carbocycles. The standard InChI is InChI=1S/C17H23F3N2O3/c1-22(16(24)14-3-2-4-15(14)21)9-12(23)10-25-13-7-5-11(6-8-13)17(18,19)20/h5-8,12,14-15,23H,2-4,9-10,21H2,1H3. The highest BCUT2D eigenvalue weighted by Crippen LogP contribution is 2.30. The quantitative estimate of drug-likeness (QED) is 0.814. The summed E-state index contributed by atoms with van der Waals surface area (Å²) in [4.78, 5) is 13.7. The number of nitrogens with zero attached hydrogens (tertiary/aromatic N) is 1. The Bertz CT molecular complexity index is 577. The van der Waals surface area contributed by atoms with Crippen LogP contribution in [0.1, 0.15) is 24.8 Å². The minimum absolute atomic E-state index is 0.0721. The Kier molecular flexibility index (Phi) is 6.29. The topological polar surface area (TPSA) is 75.8 Å². The molecule has 5 nitrogen and oxygen atoms in total. The van der Waals surface area contributed by atoms with Crippen LogP contribution < -0.4 is 10.5 Å². The lowest BCUT2D eigenvalue weighted by Crippen LogP contribution is -2.43. The van der Waals surface area contributed by atoms with E-state index in [4.69, 9.17) is 10.5 Å². The molecular formula is C17H23F3N2O3. The van der Waals surface area contributed by atoms with E-state index in [1.165, 1.54) is 17.0 Å². The highest BCUT2D eigenvalue weighted by atomic mass is 19.4. The van der Waals surface area contributed by atoms with Crippen molar-refractivity contribution in [3.05, 3.63) is 29.8 Å². The van der Waals surface area contributed by atoms with E-state index < -0.39 is 17.8 Å². The molecule has 0 aromatic heterocycles. The van der Waals surface area contributed by atoms with Crippen LogP contribution in [0.5, 0.6) is 5.75 Å². The van der Waals surface area contributed by atoms with Crippen molar-refractivity contribution in [2.75, 3.05) is 20.2 Å². The summed E-state index contributed by atoms with van der Waals surface area (Å²) in [5.74, 6) is -0.0922. The van der Waals surface area contributed by atoms with Crippen LogP contribution in [-0.4, -0.2) is 48.3 Å². The van der Waals surface area contributed by atoms with Crippen LogP contribution >= 0.6 is 0 Å². The van der Waals surface area contributed by atoms with Gasteiger partial charge in [-0.15, -0.1) is 0 Å².